The van der Waals surface area contributed by atoms with E-state index in [0.717, 1.165) is 25.6 Å². The molecule has 1 unspecified atom stereocenters. The van der Waals surface area contributed by atoms with Crippen molar-refractivity contribution in [3.63, 3.8) is 0 Å². The molecule has 1 aromatic rings. The van der Waals surface area contributed by atoms with Gasteiger partial charge in [-0.2, -0.15) is 0 Å². The molecule has 1 atom stereocenters. The third kappa shape index (κ3) is 4.31. The Morgan fingerprint density at radius 1 is 1.30 bits per heavy atom. The molecule has 5 heteroatoms. The Bertz CT molecular complexity index is 406. The first kappa shape index (κ1) is 15.5. The van der Waals surface area contributed by atoms with Gasteiger partial charge in [-0.3, -0.25) is 4.90 Å². The fourth-order valence-electron chi connectivity index (χ4n) is 2.54. The summed E-state index contributed by atoms with van der Waals surface area (Å²) in [5, 5.41) is 18.2. The lowest BCUT2D eigenvalue weighted by Crippen LogP contribution is -2.37. The predicted octanol–water partition coefficient (Wildman–Crippen LogP) is 0.613. The van der Waals surface area contributed by atoms with Gasteiger partial charge < -0.3 is 14.8 Å². The number of methoxy groups -OCH3 is 1. The average molecular weight is 277 g/mol. The number of ether oxygens (including phenoxy) is 1. The van der Waals surface area contributed by atoms with E-state index in [4.69, 9.17) is 14.8 Å². The Morgan fingerprint density at radius 2 is 1.95 bits per heavy atom. The SMILES string of the molecule is COCCN(Cc1ccc(B(O)O)cc1)C(C)C1CC1. The van der Waals surface area contributed by atoms with Gasteiger partial charge in [-0.05, 0) is 36.7 Å². The standard InChI is InChI=1S/C15H24BNO3/c1-12(14-5-6-14)17(9-10-20-2)11-13-3-7-15(8-4-13)16(18)19/h3-4,7-8,12,14,18-19H,5-6,9-11H2,1-2H3. The number of nitrogens with zero attached hydrogens (tertiary/aromatic N) is 1. The largest absolute Gasteiger partial charge is 0.488 e. The van der Waals surface area contributed by atoms with Crippen molar-refractivity contribution in [1.82, 2.24) is 4.90 Å². The maximum atomic E-state index is 9.11. The summed E-state index contributed by atoms with van der Waals surface area (Å²) < 4.78 is 5.20. The zero-order valence-corrected chi connectivity index (χ0v) is 12.3. The van der Waals surface area contributed by atoms with E-state index in [9.17, 15) is 0 Å². The normalized spacial score (nSPS) is 16.4. The summed E-state index contributed by atoms with van der Waals surface area (Å²) in [5.74, 6) is 0.824. The van der Waals surface area contributed by atoms with E-state index in [0.29, 0.717) is 11.5 Å². The molecule has 4 nitrogen and oxygen atoms in total. The van der Waals surface area contributed by atoms with Crippen molar-refractivity contribution in [2.75, 3.05) is 20.3 Å². The van der Waals surface area contributed by atoms with Crippen LogP contribution in [0.25, 0.3) is 0 Å². The van der Waals surface area contributed by atoms with Crippen LogP contribution in [0.3, 0.4) is 0 Å². The van der Waals surface area contributed by atoms with Crippen LogP contribution >= 0.6 is 0 Å². The molecule has 0 radical (unpaired) electrons. The topological polar surface area (TPSA) is 52.9 Å². The molecule has 1 fully saturated rings. The second-order valence-electron chi connectivity index (χ2n) is 5.66. The van der Waals surface area contributed by atoms with Crippen LogP contribution in [0.1, 0.15) is 25.3 Å². The van der Waals surface area contributed by atoms with Crippen LogP contribution in [0, 0.1) is 5.92 Å². The van der Waals surface area contributed by atoms with Gasteiger partial charge in [-0.15, -0.1) is 0 Å². The number of hydrogen-bond donors (Lipinski definition) is 2. The molecular formula is C15H24BNO3. The Labute approximate surface area is 121 Å². The van der Waals surface area contributed by atoms with Crippen molar-refractivity contribution in [1.29, 1.82) is 0 Å². The molecule has 1 saturated carbocycles. The Kier molecular flexibility index (Phi) is 5.60. The second kappa shape index (κ2) is 7.22. The molecule has 20 heavy (non-hydrogen) atoms. The number of benzene rings is 1. The third-order valence-electron chi connectivity index (χ3n) is 4.13. The van der Waals surface area contributed by atoms with Gasteiger partial charge in [0, 0.05) is 26.2 Å². The van der Waals surface area contributed by atoms with Crippen molar-refractivity contribution in [3.05, 3.63) is 29.8 Å². The van der Waals surface area contributed by atoms with Crippen molar-refractivity contribution < 1.29 is 14.8 Å². The highest BCUT2D eigenvalue weighted by molar-refractivity contribution is 6.58. The van der Waals surface area contributed by atoms with E-state index in [1.54, 1.807) is 19.2 Å². The van der Waals surface area contributed by atoms with Gasteiger partial charge in [0.15, 0.2) is 0 Å². The summed E-state index contributed by atoms with van der Waals surface area (Å²) >= 11 is 0. The number of rotatable bonds is 8. The van der Waals surface area contributed by atoms with Crippen LogP contribution in [-0.2, 0) is 11.3 Å². The summed E-state index contributed by atoms with van der Waals surface area (Å²) in [6, 6.07) is 8.06. The van der Waals surface area contributed by atoms with Crippen LogP contribution in [0.5, 0.6) is 0 Å². The minimum atomic E-state index is -1.39. The van der Waals surface area contributed by atoms with Crippen LogP contribution in [0.2, 0.25) is 0 Å². The summed E-state index contributed by atoms with van der Waals surface area (Å²) in [6.45, 7) is 4.84. The summed E-state index contributed by atoms with van der Waals surface area (Å²) in [6.07, 6.45) is 2.67. The van der Waals surface area contributed by atoms with E-state index in [1.165, 1.54) is 18.4 Å². The van der Waals surface area contributed by atoms with Crippen molar-refractivity contribution in [3.8, 4) is 0 Å². The molecular weight excluding hydrogens is 253 g/mol. The molecule has 0 saturated heterocycles. The van der Waals surface area contributed by atoms with Gasteiger partial charge in [0.1, 0.15) is 0 Å². The molecule has 2 rings (SSSR count). The van der Waals surface area contributed by atoms with E-state index in [1.807, 2.05) is 12.1 Å². The average Bonchev–Trinajstić information content (AvgIpc) is 3.27. The Hall–Kier alpha value is -0.875. The Balaban J connectivity index is 1.98. The molecule has 0 spiro atoms. The summed E-state index contributed by atoms with van der Waals surface area (Å²) in [4.78, 5) is 2.45. The molecule has 110 valence electrons. The minimum Gasteiger partial charge on any atom is -0.423 e. The quantitative estimate of drug-likeness (QED) is 0.684. The fourth-order valence-corrected chi connectivity index (χ4v) is 2.54. The summed E-state index contributed by atoms with van der Waals surface area (Å²) in [5.41, 5.74) is 1.73. The molecule has 1 aliphatic rings. The molecule has 2 N–H and O–H groups in total. The molecule has 1 aliphatic carbocycles. The molecule has 0 bridgehead atoms. The first-order valence-corrected chi connectivity index (χ1v) is 7.29. The van der Waals surface area contributed by atoms with Gasteiger partial charge in [-0.25, -0.2) is 0 Å². The molecule has 0 heterocycles. The lowest BCUT2D eigenvalue weighted by molar-refractivity contribution is 0.111. The van der Waals surface area contributed by atoms with Crippen LogP contribution in [-0.4, -0.2) is 48.4 Å². The first-order valence-electron chi connectivity index (χ1n) is 7.29. The highest BCUT2D eigenvalue weighted by Gasteiger charge is 2.31. The Morgan fingerprint density at radius 3 is 2.45 bits per heavy atom. The first-order chi connectivity index (χ1) is 9.61. The maximum Gasteiger partial charge on any atom is 0.488 e. The highest BCUT2D eigenvalue weighted by Crippen LogP contribution is 2.35. The fraction of sp³-hybridized carbons (Fsp3) is 0.600. The van der Waals surface area contributed by atoms with E-state index < -0.39 is 7.12 Å². The van der Waals surface area contributed by atoms with E-state index >= 15 is 0 Å². The molecule has 0 aliphatic heterocycles. The van der Waals surface area contributed by atoms with Gasteiger partial charge in [-0.1, -0.05) is 24.3 Å². The molecule has 1 aromatic carbocycles. The van der Waals surface area contributed by atoms with Gasteiger partial charge in [0.2, 0.25) is 0 Å². The smallest absolute Gasteiger partial charge is 0.423 e. The predicted molar refractivity (Wildman–Crippen MR) is 80.7 cm³/mol. The lowest BCUT2D eigenvalue weighted by atomic mass is 9.80. The van der Waals surface area contributed by atoms with Gasteiger partial charge in [0.25, 0.3) is 0 Å². The zero-order chi connectivity index (χ0) is 14.5. The van der Waals surface area contributed by atoms with Crippen LogP contribution < -0.4 is 5.46 Å². The third-order valence-corrected chi connectivity index (χ3v) is 4.13. The highest BCUT2D eigenvalue weighted by atomic mass is 16.5. The van der Waals surface area contributed by atoms with Crippen LogP contribution in [0.15, 0.2) is 24.3 Å². The van der Waals surface area contributed by atoms with E-state index in [2.05, 4.69) is 11.8 Å². The van der Waals surface area contributed by atoms with Gasteiger partial charge >= 0.3 is 7.12 Å². The monoisotopic (exact) mass is 277 g/mol. The second-order valence-corrected chi connectivity index (χ2v) is 5.66. The van der Waals surface area contributed by atoms with E-state index in [-0.39, 0.29) is 0 Å². The van der Waals surface area contributed by atoms with Crippen LogP contribution in [0.4, 0.5) is 0 Å². The van der Waals surface area contributed by atoms with Gasteiger partial charge in [0.05, 0.1) is 6.61 Å². The van der Waals surface area contributed by atoms with Crippen molar-refractivity contribution >= 4 is 12.6 Å². The number of hydrogen-bond acceptors (Lipinski definition) is 4. The lowest BCUT2D eigenvalue weighted by Gasteiger charge is -2.29. The minimum absolute atomic E-state index is 0.535. The zero-order valence-electron chi connectivity index (χ0n) is 12.3. The summed E-state index contributed by atoms with van der Waals surface area (Å²) in [7, 11) is 0.344. The maximum absolute atomic E-state index is 9.11. The molecule has 0 amide bonds. The van der Waals surface area contributed by atoms with Crippen molar-refractivity contribution in [2.45, 2.75) is 32.4 Å². The van der Waals surface area contributed by atoms with Crippen molar-refractivity contribution in [2.24, 2.45) is 5.92 Å². The molecule has 0 aromatic heterocycles.